The highest BCUT2D eigenvalue weighted by Gasteiger charge is 2.06. The summed E-state index contributed by atoms with van der Waals surface area (Å²) in [7, 11) is 0. The zero-order valence-electron chi connectivity index (χ0n) is 12.2. The highest BCUT2D eigenvalue weighted by molar-refractivity contribution is 7.80. The molecule has 0 aliphatic heterocycles. The van der Waals surface area contributed by atoms with E-state index < -0.39 is 11.8 Å². The van der Waals surface area contributed by atoms with Crippen molar-refractivity contribution in [2.24, 2.45) is 0 Å². The van der Waals surface area contributed by atoms with Crippen LogP contribution in [0.1, 0.15) is 21.9 Å². The minimum absolute atomic E-state index is 0.0299. The van der Waals surface area contributed by atoms with Gasteiger partial charge in [0.05, 0.1) is 0 Å². The fourth-order valence-electron chi connectivity index (χ4n) is 1.57. The standard InChI is InChI=1S/C15H14N4O3S/c1-10-2-3-12(22-10)4-5-13(20)17-15(23)19-18-14(21)11-6-8-16-9-7-11/h2-9H,1H3,(H,18,21)(H2,17,19,20,23). The minimum Gasteiger partial charge on any atom is -0.462 e. The summed E-state index contributed by atoms with van der Waals surface area (Å²) in [4.78, 5) is 27.2. The van der Waals surface area contributed by atoms with E-state index in [1.165, 1.54) is 24.5 Å². The lowest BCUT2D eigenvalue weighted by Crippen LogP contribution is -2.48. The van der Waals surface area contributed by atoms with Crippen LogP contribution in [0.25, 0.3) is 6.08 Å². The second kappa shape index (κ2) is 7.85. The monoisotopic (exact) mass is 330 g/mol. The average Bonchev–Trinajstić information content (AvgIpc) is 2.97. The number of nitrogens with one attached hydrogen (secondary N) is 3. The van der Waals surface area contributed by atoms with Gasteiger partial charge >= 0.3 is 0 Å². The third kappa shape index (κ3) is 5.36. The lowest BCUT2D eigenvalue weighted by Gasteiger charge is -2.09. The van der Waals surface area contributed by atoms with Crippen LogP contribution >= 0.6 is 12.2 Å². The van der Waals surface area contributed by atoms with Crippen LogP contribution in [0, 0.1) is 6.92 Å². The van der Waals surface area contributed by atoms with E-state index in [-0.39, 0.29) is 5.11 Å². The van der Waals surface area contributed by atoms with Crippen LogP contribution in [0.3, 0.4) is 0 Å². The van der Waals surface area contributed by atoms with Crippen LogP contribution in [-0.2, 0) is 4.79 Å². The number of furan rings is 1. The van der Waals surface area contributed by atoms with Gasteiger partial charge in [0, 0.05) is 24.0 Å². The summed E-state index contributed by atoms with van der Waals surface area (Å²) < 4.78 is 5.29. The van der Waals surface area contributed by atoms with Crippen LogP contribution in [0.15, 0.2) is 47.2 Å². The van der Waals surface area contributed by atoms with Gasteiger partial charge in [0.2, 0.25) is 5.91 Å². The summed E-state index contributed by atoms with van der Waals surface area (Å²) >= 11 is 4.91. The normalized spacial score (nSPS) is 10.3. The Morgan fingerprint density at radius 2 is 1.91 bits per heavy atom. The van der Waals surface area contributed by atoms with Gasteiger partial charge < -0.3 is 4.42 Å². The number of carbonyl (C=O) groups is 2. The number of hydrazine groups is 1. The topological polar surface area (TPSA) is 96.3 Å². The number of rotatable bonds is 3. The van der Waals surface area contributed by atoms with Crippen molar-refractivity contribution in [3.8, 4) is 0 Å². The molecule has 0 aliphatic carbocycles. The SMILES string of the molecule is Cc1ccc(C=CC(=O)NC(=S)NNC(=O)c2ccncc2)o1. The molecule has 2 amide bonds. The van der Waals surface area contributed by atoms with Crippen molar-refractivity contribution < 1.29 is 14.0 Å². The summed E-state index contributed by atoms with van der Waals surface area (Å²) in [5, 5.41) is 2.36. The Balaban J connectivity index is 1.77. The number of hydrogen-bond donors (Lipinski definition) is 3. The first kappa shape index (κ1) is 16.4. The molecule has 0 aliphatic rings. The third-order valence-electron chi connectivity index (χ3n) is 2.63. The molecular weight excluding hydrogens is 316 g/mol. The van der Waals surface area contributed by atoms with Gasteiger partial charge in [-0.15, -0.1) is 0 Å². The summed E-state index contributed by atoms with van der Waals surface area (Å²) in [6, 6.07) is 6.63. The van der Waals surface area contributed by atoms with E-state index in [0.717, 1.165) is 5.76 Å². The van der Waals surface area contributed by atoms with Gasteiger partial charge in [-0.1, -0.05) is 0 Å². The molecule has 0 fully saturated rings. The molecule has 0 saturated carbocycles. The number of nitrogens with zero attached hydrogens (tertiary/aromatic N) is 1. The maximum Gasteiger partial charge on any atom is 0.269 e. The molecule has 23 heavy (non-hydrogen) atoms. The van der Waals surface area contributed by atoms with Crippen molar-refractivity contribution >= 4 is 35.2 Å². The Bertz CT molecular complexity index is 740. The Kier molecular flexibility index (Phi) is 5.59. The summed E-state index contributed by atoms with van der Waals surface area (Å²) in [5.41, 5.74) is 5.21. The van der Waals surface area contributed by atoms with Gasteiger partial charge in [0.1, 0.15) is 11.5 Å². The minimum atomic E-state index is -0.449. The summed E-state index contributed by atoms with van der Waals surface area (Å²) in [5.74, 6) is 0.462. The van der Waals surface area contributed by atoms with Crippen LogP contribution < -0.4 is 16.2 Å². The molecule has 0 spiro atoms. The fourth-order valence-corrected chi connectivity index (χ4v) is 1.73. The van der Waals surface area contributed by atoms with Crippen LogP contribution in [0.4, 0.5) is 0 Å². The smallest absolute Gasteiger partial charge is 0.269 e. The largest absolute Gasteiger partial charge is 0.462 e. The third-order valence-corrected chi connectivity index (χ3v) is 2.83. The molecule has 8 heteroatoms. The predicted molar refractivity (Wildman–Crippen MR) is 88.1 cm³/mol. The fraction of sp³-hybridized carbons (Fsp3) is 0.0667. The van der Waals surface area contributed by atoms with Crippen molar-refractivity contribution in [3.05, 3.63) is 59.8 Å². The molecule has 3 N–H and O–H groups in total. The summed E-state index contributed by atoms with van der Waals surface area (Å²) in [6.45, 7) is 1.81. The Hall–Kier alpha value is -3.00. The molecule has 118 valence electrons. The van der Waals surface area contributed by atoms with Crippen molar-refractivity contribution in [2.75, 3.05) is 0 Å². The van der Waals surface area contributed by atoms with Crippen molar-refractivity contribution in [1.29, 1.82) is 0 Å². The van der Waals surface area contributed by atoms with Gasteiger partial charge in [0.25, 0.3) is 5.91 Å². The maximum absolute atomic E-state index is 11.7. The molecule has 2 aromatic rings. The van der Waals surface area contributed by atoms with E-state index in [1.807, 2.05) is 6.92 Å². The molecule has 0 saturated heterocycles. The molecule has 0 aromatic carbocycles. The van der Waals surface area contributed by atoms with E-state index in [2.05, 4.69) is 21.2 Å². The van der Waals surface area contributed by atoms with Gasteiger partial charge in [-0.3, -0.25) is 30.7 Å². The maximum atomic E-state index is 11.7. The van der Waals surface area contributed by atoms with Gasteiger partial charge in [-0.25, -0.2) is 0 Å². The first-order chi connectivity index (χ1) is 11.0. The van der Waals surface area contributed by atoms with E-state index in [9.17, 15) is 9.59 Å². The lowest BCUT2D eigenvalue weighted by atomic mass is 10.3. The average molecular weight is 330 g/mol. The number of amides is 2. The van der Waals surface area contributed by atoms with Crippen molar-refractivity contribution in [3.63, 3.8) is 0 Å². The Labute approximate surface area is 137 Å². The highest BCUT2D eigenvalue weighted by Crippen LogP contribution is 2.07. The van der Waals surface area contributed by atoms with E-state index in [0.29, 0.717) is 11.3 Å². The number of aryl methyl sites for hydroxylation is 1. The second-order valence-electron chi connectivity index (χ2n) is 4.42. The molecule has 0 radical (unpaired) electrons. The molecule has 0 atom stereocenters. The second-order valence-corrected chi connectivity index (χ2v) is 4.82. The number of pyridine rings is 1. The number of aromatic nitrogens is 1. The van der Waals surface area contributed by atoms with Gasteiger partial charge in [0.15, 0.2) is 5.11 Å². The van der Waals surface area contributed by atoms with Crippen LogP contribution in [0.5, 0.6) is 0 Å². The highest BCUT2D eigenvalue weighted by atomic mass is 32.1. The van der Waals surface area contributed by atoms with Gasteiger partial charge in [-0.05, 0) is 49.5 Å². The quantitative estimate of drug-likeness (QED) is 0.446. The van der Waals surface area contributed by atoms with Crippen LogP contribution in [0.2, 0.25) is 0 Å². The Morgan fingerprint density at radius 1 is 1.17 bits per heavy atom. The van der Waals surface area contributed by atoms with Crippen LogP contribution in [-0.4, -0.2) is 21.9 Å². The number of thiocarbonyl (C=S) groups is 1. The molecule has 2 heterocycles. The summed E-state index contributed by atoms with van der Waals surface area (Å²) in [6.07, 6.45) is 5.78. The number of carbonyl (C=O) groups excluding carboxylic acids is 2. The first-order valence-electron chi connectivity index (χ1n) is 6.60. The first-order valence-corrected chi connectivity index (χ1v) is 7.01. The molecular formula is C15H14N4O3S. The zero-order valence-corrected chi connectivity index (χ0v) is 13.0. The van der Waals surface area contributed by atoms with E-state index >= 15 is 0 Å². The number of hydrogen-bond acceptors (Lipinski definition) is 5. The predicted octanol–water partition coefficient (Wildman–Crippen LogP) is 1.33. The zero-order chi connectivity index (χ0) is 16.7. The molecule has 2 rings (SSSR count). The van der Waals surface area contributed by atoms with Crippen molar-refractivity contribution in [2.45, 2.75) is 6.92 Å². The van der Waals surface area contributed by atoms with E-state index in [4.69, 9.17) is 16.6 Å². The van der Waals surface area contributed by atoms with Gasteiger partial charge in [-0.2, -0.15) is 0 Å². The molecule has 7 nitrogen and oxygen atoms in total. The lowest BCUT2D eigenvalue weighted by molar-refractivity contribution is -0.115. The molecule has 2 aromatic heterocycles. The molecule has 0 bridgehead atoms. The van der Waals surface area contributed by atoms with E-state index in [1.54, 1.807) is 24.3 Å². The molecule has 0 unspecified atom stereocenters. The van der Waals surface area contributed by atoms with Crippen molar-refractivity contribution in [1.82, 2.24) is 21.2 Å². The Morgan fingerprint density at radius 3 is 2.57 bits per heavy atom.